The van der Waals surface area contributed by atoms with E-state index in [1.807, 2.05) is 0 Å². The van der Waals surface area contributed by atoms with Gasteiger partial charge in [0.25, 0.3) is 0 Å². The van der Waals surface area contributed by atoms with Crippen LogP contribution in [-0.2, 0) is 9.53 Å². The molecule has 0 aromatic heterocycles. The quantitative estimate of drug-likeness (QED) is 0.781. The van der Waals surface area contributed by atoms with Crippen molar-refractivity contribution in [1.82, 2.24) is 4.90 Å². The van der Waals surface area contributed by atoms with Gasteiger partial charge in [0.15, 0.2) is 5.82 Å². The van der Waals surface area contributed by atoms with Gasteiger partial charge in [-0.15, -0.1) is 0 Å². The lowest BCUT2D eigenvalue weighted by Crippen LogP contribution is -2.40. The van der Waals surface area contributed by atoms with Crippen molar-refractivity contribution in [2.75, 3.05) is 32.1 Å². The van der Waals surface area contributed by atoms with Crippen LogP contribution in [0.4, 0.5) is 14.9 Å². The van der Waals surface area contributed by atoms with Crippen molar-refractivity contribution >= 4 is 40.9 Å². The van der Waals surface area contributed by atoms with Gasteiger partial charge in [-0.05, 0) is 12.1 Å². The van der Waals surface area contributed by atoms with Crippen molar-refractivity contribution in [3.05, 3.63) is 28.0 Å². The normalized spacial score (nSPS) is 10.3. The highest BCUT2D eigenvalue weighted by molar-refractivity contribution is 6.35. The number of nitrogens with one attached hydrogen (secondary N) is 1. The Hall–Kier alpha value is -1.57. The number of amides is 2. The molecule has 0 aliphatic carbocycles. The molecule has 1 rings (SSSR count). The van der Waals surface area contributed by atoms with E-state index < -0.39 is 24.4 Å². The first-order chi connectivity index (χ1) is 9.85. The number of aliphatic carboxylic acids is 1. The molecular formula is C12H13Cl2FN2O4. The summed E-state index contributed by atoms with van der Waals surface area (Å²) < 4.78 is 18.1. The van der Waals surface area contributed by atoms with Crippen LogP contribution in [0.3, 0.4) is 0 Å². The van der Waals surface area contributed by atoms with Crippen LogP contribution in [0, 0.1) is 5.82 Å². The topological polar surface area (TPSA) is 78.9 Å². The third kappa shape index (κ3) is 5.37. The molecule has 2 amide bonds. The van der Waals surface area contributed by atoms with Gasteiger partial charge in [-0.25, -0.2) is 9.18 Å². The van der Waals surface area contributed by atoms with Crippen molar-refractivity contribution in [3.8, 4) is 0 Å². The van der Waals surface area contributed by atoms with E-state index in [9.17, 15) is 14.0 Å². The van der Waals surface area contributed by atoms with Gasteiger partial charge >= 0.3 is 12.0 Å². The monoisotopic (exact) mass is 338 g/mol. The third-order valence-corrected chi connectivity index (χ3v) is 2.96. The lowest BCUT2D eigenvalue weighted by atomic mass is 10.3. The van der Waals surface area contributed by atoms with Crippen LogP contribution in [0.25, 0.3) is 0 Å². The fraction of sp³-hybridized carbons (Fsp3) is 0.333. The van der Waals surface area contributed by atoms with Crippen LogP contribution in [-0.4, -0.2) is 48.8 Å². The Balaban J connectivity index is 2.82. The van der Waals surface area contributed by atoms with Gasteiger partial charge in [-0.1, -0.05) is 23.2 Å². The van der Waals surface area contributed by atoms with Crippen LogP contribution in [0.15, 0.2) is 12.1 Å². The highest BCUT2D eigenvalue weighted by Crippen LogP contribution is 2.27. The lowest BCUT2D eigenvalue weighted by Gasteiger charge is -2.21. The largest absolute Gasteiger partial charge is 0.480 e. The van der Waals surface area contributed by atoms with E-state index in [0.29, 0.717) is 0 Å². The molecular weight excluding hydrogens is 326 g/mol. The number of methoxy groups -OCH3 is 1. The summed E-state index contributed by atoms with van der Waals surface area (Å²) >= 11 is 11.2. The summed E-state index contributed by atoms with van der Waals surface area (Å²) in [7, 11) is 1.43. The molecule has 2 N–H and O–H groups in total. The molecule has 0 fully saturated rings. The molecule has 0 aliphatic heterocycles. The Bertz CT molecular complexity index is 519. The predicted molar refractivity (Wildman–Crippen MR) is 76.5 cm³/mol. The molecule has 0 atom stereocenters. The summed E-state index contributed by atoms with van der Waals surface area (Å²) in [6, 6.07) is 1.67. The van der Waals surface area contributed by atoms with Crippen molar-refractivity contribution < 1.29 is 23.8 Å². The maximum absolute atomic E-state index is 13.3. The number of carbonyl (C=O) groups excluding carboxylic acids is 1. The first-order valence-electron chi connectivity index (χ1n) is 5.76. The van der Waals surface area contributed by atoms with Crippen LogP contribution >= 0.6 is 23.2 Å². The standard InChI is InChI=1S/C12H13Cl2FN2O4/c1-21-3-2-17(6-10(18)19)12(20)16-7-4-8(13)11(15)9(14)5-7/h4-5H,2-3,6H2,1H3,(H,16,20)(H,18,19). The molecule has 1 aromatic carbocycles. The van der Waals surface area contributed by atoms with Gasteiger partial charge in [0, 0.05) is 19.3 Å². The maximum atomic E-state index is 13.3. The second-order valence-electron chi connectivity index (χ2n) is 3.99. The predicted octanol–water partition coefficient (Wildman–Crippen LogP) is 2.70. The van der Waals surface area contributed by atoms with Crippen LogP contribution in [0.2, 0.25) is 10.0 Å². The minimum atomic E-state index is -1.17. The number of carboxylic acids is 1. The van der Waals surface area contributed by atoms with E-state index in [-0.39, 0.29) is 28.9 Å². The smallest absolute Gasteiger partial charge is 0.323 e. The van der Waals surface area contributed by atoms with Gasteiger partial charge in [-0.2, -0.15) is 0 Å². The zero-order valence-electron chi connectivity index (χ0n) is 11.0. The molecule has 0 saturated heterocycles. The number of hydrogen-bond donors (Lipinski definition) is 2. The highest BCUT2D eigenvalue weighted by Gasteiger charge is 2.17. The Morgan fingerprint density at radius 2 is 1.95 bits per heavy atom. The van der Waals surface area contributed by atoms with E-state index in [2.05, 4.69) is 5.32 Å². The van der Waals surface area contributed by atoms with Crippen molar-refractivity contribution in [2.24, 2.45) is 0 Å². The Kier molecular flexibility index (Phi) is 6.67. The molecule has 0 radical (unpaired) electrons. The first-order valence-corrected chi connectivity index (χ1v) is 6.52. The van der Waals surface area contributed by atoms with Crippen LogP contribution in [0.5, 0.6) is 0 Å². The highest BCUT2D eigenvalue weighted by atomic mass is 35.5. The van der Waals surface area contributed by atoms with E-state index in [0.717, 1.165) is 4.90 Å². The average Bonchev–Trinajstić information content (AvgIpc) is 2.40. The number of halogens is 3. The number of anilines is 1. The molecule has 116 valence electrons. The summed E-state index contributed by atoms with van der Waals surface area (Å²) in [5.74, 6) is -1.96. The summed E-state index contributed by atoms with van der Waals surface area (Å²) in [5.41, 5.74) is 0.157. The maximum Gasteiger partial charge on any atom is 0.323 e. The molecule has 0 unspecified atom stereocenters. The molecule has 0 saturated carbocycles. The fourth-order valence-electron chi connectivity index (χ4n) is 1.45. The van der Waals surface area contributed by atoms with E-state index >= 15 is 0 Å². The molecule has 0 spiro atoms. The Labute approximate surface area is 130 Å². The van der Waals surface area contributed by atoms with Crippen molar-refractivity contribution in [2.45, 2.75) is 0 Å². The first kappa shape index (κ1) is 17.5. The number of nitrogens with zero attached hydrogens (tertiary/aromatic N) is 1. The van der Waals surface area contributed by atoms with Gasteiger partial charge in [0.2, 0.25) is 0 Å². The van der Waals surface area contributed by atoms with Gasteiger partial charge < -0.3 is 20.1 Å². The molecule has 0 aliphatic rings. The van der Waals surface area contributed by atoms with Crippen LogP contribution < -0.4 is 5.32 Å². The minimum absolute atomic E-state index is 0.0806. The molecule has 6 nitrogen and oxygen atoms in total. The molecule has 21 heavy (non-hydrogen) atoms. The Morgan fingerprint density at radius 3 is 2.43 bits per heavy atom. The summed E-state index contributed by atoms with van der Waals surface area (Å²) in [6.07, 6.45) is 0. The van der Waals surface area contributed by atoms with Crippen molar-refractivity contribution in [3.63, 3.8) is 0 Å². The second-order valence-corrected chi connectivity index (χ2v) is 4.81. The summed E-state index contributed by atoms with van der Waals surface area (Å²) in [4.78, 5) is 23.7. The van der Waals surface area contributed by atoms with E-state index in [1.54, 1.807) is 0 Å². The summed E-state index contributed by atoms with van der Waals surface area (Å²) in [6.45, 7) is -0.249. The van der Waals surface area contributed by atoms with Gasteiger partial charge in [-0.3, -0.25) is 4.79 Å². The Morgan fingerprint density at radius 1 is 1.38 bits per heavy atom. The number of urea groups is 1. The molecule has 1 aromatic rings. The number of hydrogen-bond acceptors (Lipinski definition) is 3. The lowest BCUT2D eigenvalue weighted by molar-refractivity contribution is -0.137. The number of rotatable bonds is 6. The number of carbonyl (C=O) groups is 2. The zero-order valence-corrected chi connectivity index (χ0v) is 12.5. The molecule has 0 bridgehead atoms. The third-order valence-electron chi connectivity index (χ3n) is 2.41. The zero-order chi connectivity index (χ0) is 16.0. The number of ether oxygens (including phenoxy) is 1. The SMILES string of the molecule is COCCN(CC(=O)O)C(=O)Nc1cc(Cl)c(F)c(Cl)c1. The van der Waals surface area contributed by atoms with Crippen molar-refractivity contribution in [1.29, 1.82) is 0 Å². The van der Waals surface area contributed by atoms with E-state index in [4.69, 9.17) is 33.0 Å². The van der Waals surface area contributed by atoms with Gasteiger partial charge in [0.05, 0.1) is 16.7 Å². The average molecular weight is 339 g/mol. The second kappa shape index (κ2) is 8.02. The molecule has 9 heteroatoms. The number of carboxylic acid groups (broad SMARTS) is 1. The summed E-state index contributed by atoms with van der Waals surface area (Å²) in [5, 5.41) is 10.7. The van der Waals surface area contributed by atoms with Gasteiger partial charge in [0.1, 0.15) is 6.54 Å². The minimum Gasteiger partial charge on any atom is -0.480 e. The molecule has 0 heterocycles. The fourth-order valence-corrected chi connectivity index (χ4v) is 1.93. The van der Waals surface area contributed by atoms with E-state index in [1.165, 1.54) is 19.2 Å². The van der Waals surface area contributed by atoms with Crippen LogP contribution in [0.1, 0.15) is 0 Å². The number of benzene rings is 1.